The highest BCUT2D eigenvalue weighted by Gasteiger charge is 2.20. The van der Waals surface area contributed by atoms with E-state index in [4.69, 9.17) is 5.73 Å². The molecule has 0 saturated heterocycles. The Hall–Kier alpha value is -6.48. The zero-order valence-electron chi connectivity index (χ0n) is 30.0. The van der Waals surface area contributed by atoms with E-state index in [0.29, 0.717) is 0 Å². The predicted molar refractivity (Wildman–Crippen MR) is 229 cm³/mol. The van der Waals surface area contributed by atoms with Crippen LogP contribution in [0.4, 0.5) is 0 Å². The molecule has 0 radical (unpaired) electrons. The third-order valence-corrected chi connectivity index (χ3v) is 10.6. The summed E-state index contributed by atoms with van der Waals surface area (Å²) in [6.45, 7) is 4.00. The standard InChI is InChI=1S/C49H34N2.C2H6/c50-44(37-25-24-32-12-4-5-17-36(32)30-37)31-43(33-13-2-1-3-14-33)41-20-10-22-42-40(41)21-11-23-45(42)51-46-28-26-34-15-6-8-18-38(34)48(46)49-39-19-9-7-16-35(39)27-29-47(49)51;1-2/h1-31,44H,50H2;1-2H3/b43-31-;. The summed E-state index contributed by atoms with van der Waals surface area (Å²) in [6.07, 6.45) is 2.24. The smallest absolute Gasteiger partial charge is 0.0548 e. The van der Waals surface area contributed by atoms with Gasteiger partial charge in [-0.25, -0.2) is 0 Å². The lowest BCUT2D eigenvalue weighted by molar-refractivity contribution is 0.915. The molecule has 2 nitrogen and oxygen atoms in total. The molecule has 254 valence electrons. The summed E-state index contributed by atoms with van der Waals surface area (Å²) >= 11 is 0. The fraction of sp³-hybridized carbons (Fsp3) is 0.0588. The molecular weight excluding hydrogens is 641 g/mol. The van der Waals surface area contributed by atoms with Crippen molar-refractivity contribution in [3.63, 3.8) is 0 Å². The first-order chi connectivity index (χ1) is 26.2. The molecule has 1 heterocycles. The number of aromatic nitrogens is 1. The van der Waals surface area contributed by atoms with Gasteiger partial charge >= 0.3 is 0 Å². The number of nitrogens with two attached hydrogens (primary N) is 1. The van der Waals surface area contributed by atoms with Crippen molar-refractivity contribution in [3.05, 3.63) is 205 Å². The zero-order chi connectivity index (χ0) is 35.9. The first-order valence-electron chi connectivity index (χ1n) is 18.6. The van der Waals surface area contributed by atoms with Crippen LogP contribution in [0, 0.1) is 0 Å². The van der Waals surface area contributed by atoms with Crippen LogP contribution in [-0.2, 0) is 0 Å². The third kappa shape index (κ3) is 5.47. The molecule has 0 spiro atoms. The molecule has 0 aliphatic heterocycles. The number of nitrogens with zero attached hydrogens (tertiary/aromatic N) is 1. The van der Waals surface area contributed by atoms with E-state index in [9.17, 15) is 0 Å². The van der Waals surface area contributed by atoms with Gasteiger partial charge in [-0.15, -0.1) is 0 Å². The summed E-state index contributed by atoms with van der Waals surface area (Å²) in [5.41, 5.74) is 15.1. The second kappa shape index (κ2) is 13.6. The van der Waals surface area contributed by atoms with Crippen LogP contribution < -0.4 is 5.73 Å². The number of hydrogen-bond donors (Lipinski definition) is 1. The normalized spacial score (nSPS) is 12.5. The average molecular weight is 681 g/mol. The zero-order valence-corrected chi connectivity index (χ0v) is 30.0. The Morgan fingerprint density at radius 3 is 1.68 bits per heavy atom. The highest BCUT2D eigenvalue weighted by molar-refractivity contribution is 6.28. The molecule has 0 fully saturated rings. The summed E-state index contributed by atoms with van der Waals surface area (Å²) in [5, 5.41) is 12.4. The van der Waals surface area contributed by atoms with Gasteiger partial charge in [-0.05, 0) is 84.2 Å². The van der Waals surface area contributed by atoms with Gasteiger partial charge in [0.25, 0.3) is 0 Å². The maximum Gasteiger partial charge on any atom is 0.0548 e. The summed E-state index contributed by atoms with van der Waals surface area (Å²) in [7, 11) is 0. The molecule has 0 amide bonds. The largest absolute Gasteiger partial charge is 0.321 e. The summed E-state index contributed by atoms with van der Waals surface area (Å²) in [4.78, 5) is 0. The van der Waals surface area contributed by atoms with E-state index in [1.165, 1.54) is 64.9 Å². The third-order valence-electron chi connectivity index (χ3n) is 10.6. The van der Waals surface area contributed by atoms with Crippen LogP contribution >= 0.6 is 0 Å². The van der Waals surface area contributed by atoms with Gasteiger partial charge in [-0.2, -0.15) is 0 Å². The molecule has 10 rings (SSSR count). The number of fused-ring (bicyclic) bond motifs is 9. The molecule has 53 heavy (non-hydrogen) atoms. The van der Waals surface area contributed by atoms with Crippen molar-refractivity contribution in [2.75, 3.05) is 0 Å². The van der Waals surface area contributed by atoms with Gasteiger partial charge in [-0.3, -0.25) is 0 Å². The first kappa shape index (κ1) is 32.4. The van der Waals surface area contributed by atoms with Crippen molar-refractivity contribution in [1.82, 2.24) is 4.57 Å². The fourth-order valence-corrected chi connectivity index (χ4v) is 8.18. The Morgan fingerprint density at radius 2 is 1.00 bits per heavy atom. The lowest BCUT2D eigenvalue weighted by Crippen LogP contribution is -2.08. The minimum atomic E-state index is -0.290. The van der Waals surface area contributed by atoms with E-state index in [0.717, 1.165) is 28.0 Å². The lowest BCUT2D eigenvalue weighted by Gasteiger charge is -2.18. The molecule has 2 N–H and O–H groups in total. The van der Waals surface area contributed by atoms with E-state index >= 15 is 0 Å². The number of rotatable bonds is 5. The summed E-state index contributed by atoms with van der Waals surface area (Å²) in [6, 6.07) is 65.4. The Morgan fingerprint density at radius 1 is 0.472 bits per heavy atom. The molecule has 1 atom stereocenters. The van der Waals surface area contributed by atoms with Crippen LogP contribution in [0.2, 0.25) is 0 Å². The Bertz CT molecular complexity index is 2890. The predicted octanol–water partition coefficient (Wildman–Crippen LogP) is 13.6. The molecule has 2 heteroatoms. The average Bonchev–Trinajstić information content (AvgIpc) is 3.58. The minimum Gasteiger partial charge on any atom is -0.321 e. The van der Waals surface area contributed by atoms with Crippen LogP contribution in [0.3, 0.4) is 0 Å². The van der Waals surface area contributed by atoms with Crippen molar-refractivity contribution in [2.24, 2.45) is 5.73 Å². The molecule has 0 bridgehead atoms. The lowest BCUT2D eigenvalue weighted by atomic mass is 9.90. The molecule has 1 aromatic heterocycles. The molecule has 0 aliphatic carbocycles. The van der Waals surface area contributed by atoms with E-state index in [-0.39, 0.29) is 6.04 Å². The number of benzene rings is 9. The van der Waals surface area contributed by atoms with Gasteiger partial charge in [0.2, 0.25) is 0 Å². The second-order valence-electron chi connectivity index (χ2n) is 13.5. The number of hydrogen-bond acceptors (Lipinski definition) is 1. The highest BCUT2D eigenvalue weighted by atomic mass is 15.0. The van der Waals surface area contributed by atoms with E-state index < -0.39 is 0 Å². The first-order valence-corrected chi connectivity index (χ1v) is 18.6. The monoisotopic (exact) mass is 680 g/mol. The Balaban J connectivity index is 0.00000183. The summed E-state index contributed by atoms with van der Waals surface area (Å²) in [5.74, 6) is 0. The van der Waals surface area contributed by atoms with Gasteiger partial charge in [0.1, 0.15) is 0 Å². The van der Waals surface area contributed by atoms with Crippen LogP contribution in [0.25, 0.3) is 76.2 Å². The van der Waals surface area contributed by atoms with Crippen molar-refractivity contribution < 1.29 is 0 Å². The molecular formula is C51H40N2. The molecule has 9 aromatic carbocycles. The van der Waals surface area contributed by atoms with Gasteiger partial charge in [0.05, 0.1) is 16.7 Å². The van der Waals surface area contributed by atoms with Crippen LogP contribution in [0.1, 0.15) is 36.6 Å². The molecule has 10 aromatic rings. The highest BCUT2D eigenvalue weighted by Crippen LogP contribution is 2.42. The van der Waals surface area contributed by atoms with Crippen molar-refractivity contribution in [1.29, 1.82) is 0 Å². The van der Waals surface area contributed by atoms with Crippen LogP contribution in [0.15, 0.2) is 188 Å². The quantitative estimate of drug-likeness (QED) is 0.193. The molecule has 0 saturated carbocycles. The van der Waals surface area contributed by atoms with Gasteiger partial charge in [0.15, 0.2) is 0 Å². The van der Waals surface area contributed by atoms with E-state index in [1.54, 1.807) is 0 Å². The van der Waals surface area contributed by atoms with Gasteiger partial charge in [-0.1, -0.05) is 178 Å². The Kier molecular flexibility index (Phi) is 8.31. The van der Waals surface area contributed by atoms with Crippen molar-refractivity contribution >= 4 is 70.5 Å². The van der Waals surface area contributed by atoms with Crippen LogP contribution in [0.5, 0.6) is 0 Å². The van der Waals surface area contributed by atoms with Gasteiger partial charge < -0.3 is 10.3 Å². The molecule has 0 aliphatic rings. The topological polar surface area (TPSA) is 30.9 Å². The maximum absolute atomic E-state index is 7.05. The van der Waals surface area contributed by atoms with E-state index in [1.807, 2.05) is 13.8 Å². The van der Waals surface area contributed by atoms with E-state index in [2.05, 4.69) is 193 Å². The molecule has 1 unspecified atom stereocenters. The second-order valence-corrected chi connectivity index (χ2v) is 13.5. The maximum atomic E-state index is 7.05. The van der Waals surface area contributed by atoms with Crippen LogP contribution in [-0.4, -0.2) is 4.57 Å². The Labute approximate surface area is 310 Å². The minimum absolute atomic E-state index is 0.290. The van der Waals surface area contributed by atoms with Gasteiger partial charge in [0, 0.05) is 22.2 Å². The van der Waals surface area contributed by atoms with Crippen molar-refractivity contribution in [3.8, 4) is 5.69 Å². The van der Waals surface area contributed by atoms with Crippen molar-refractivity contribution in [2.45, 2.75) is 19.9 Å². The fourth-order valence-electron chi connectivity index (χ4n) is 8.18. The summed E-state index contributed by atoms with van der Waals surface area (Å²) < 4.78 is 2.47. The SMILES string of the molecule is CC.NC(/C=C(/c1ccccc1)c1cccc2c(-n3c4ccc5ccccc5c4c4c5ccccc5ccc43)cccc12)c1ccc2ccccc2c1.